The minimum absolute atomic E-state index is 0.0259. The second-order valence-electron chi connectivity index (χ2n) is 8.44. The minimum atomic E-state index is -0.903. The fourth-order valence-corrected chi connectivity index (χ4v) is 4.23. The van der Waals surface area contributed by atoms with Crippen LogP contribution in [-0.2, 0) is 9.59 Å². The van der Waals surface area contributed by atoms with E-state index in [4.69, 9.17) is 16.3 Å². The number of carbonyl (C=O) groups excluding carboxylic acids is 2. The van der Waals surface area contributed by atoms with Gasteiger partial charge in [-0.25, -0.2) is 0 Å². The summed E-state index contributed by atoms with van der Waals surface area (Å²) in [5.41, 5.74) is 2.14. The molecule has 1 atom stereocenters. The molecule has 0 aliphatic carbocycles. The van der Waals surface area contributed by atoms with Gasteiger partial charge in [0.15, 0.2) is 0 Å². The number of aromatic nitrogens is 1. The Morgan fingerprint density at radius 1 is 1.09 bits per heavy atom. The number of aliphatic hydroxyl groups excluding tert-OH is 1. The largest absolute Gasteiger partial charge is 0.507 e. The Kier molecular flexibility index (Phi) is 7.51. The van der Waals surface area contributed by atoms with Crippen LogP contribution in [0.3, 0.4) is 0 Å². The first-order valence-electron chi connectivity index (χ1n) is 11.6. The van der Waals surface area contributed by atoms with E-state index in [-0.39, 0.29) is 11.3 Å². The van der Waals surface area contributed by atoms with E-state index in [0.717, 1.165) is 24.8 Å². The highest BCUT2D eigenvalue weighted by Gasteiger charge is 2.47. The van der Waals surface area contributed by atoms with Crippen molar-refractivity contribution in [1.29, 1.82) is 0 Å². The van der Waals surface area contributed by atoms with Crippen LogP contribution in [0, 0.1) is 6.92 Å². The van der Waals surface area contributed by atoms with Crippen molar-refractivity contribution in [2.75, 3.05) is 11.5 Å². The number of aryl methyl sites for hydroxylation is 1. The van der Waals surface area contributed by atoms with E-state index in [1.807, 2.05) is 6.92 Å². The van der Waals surface area contributed by atoms with Crippen molar-refractivity contribution in [3.05, 3.63) is 94.3 Å². The van der Waals surface area contributed by atoms with Gasteiger partial charge in [-0.15, -0.1) is 0 Å². The molecule has 6 nitrogen and oxygen atoms in total. The lowest BCUT2D eigenvalue weighted by Crippen LogP contribution is -2.29. The quantitative estimate of drug-likeness (QED) is 0.175. The minimum Gasteiger partial charge on any atom is -0.507 e. The molecule has 1 fully saturated rings. The van der Waals surface area contributed by atoms with Gasteiger partial charge >= 0.3 is 0 Å². The Bertz CT molecular complexity index is 1260. The molecule has 0 saturated carbocycles. The average Bonchev–Trinajstić information content (AvgIpc) is 3.14. The number of unbranched alkanes of at least 4 members (excludes halogenated alkanes) is 2. The highest BCUT2D eigenvalue weighted by atomic mass is 35.5. The maximum absolute atomic E-state index is 13.2. The highest BCUT2D eigenvalue weighted by molar-refractivity contribution is 6.51. The molecule has 4 rings (SSSR count). The van der Waals surface area contributed by atoms with Crippen molar-refractivity contribution in [1.82, 2.24) is 4.98 Å². The first-order valence-corrected chi connectivity index (χ1v) is 12.0. The first kappa shape index (κ1) is 24.5. The van der Waals surface area contributed by atoms with Gasteiger partial charge < -0.3 is 9.84 Å². The average molecular weight is 491 g/mol. The molecular weight excluding hydrogens is 464 g/mol. The highest BCUT2D eigenvalue weighted by Crippen LogP contribution is 2.42. The number of ketones is 1. The van der Waals surface area contributed by atoms with E-state index in [1.54, 1.807) is 66.9 Å². The molecule has 1 N–H and O–H groups in total. The summed E-state index contributed by atoms with van der Waals surface area (Å²) in [6.07, 6.45) is 4.76. The van der Waals surface area contributed by atoms with Gasteiger partial charge in [-0.3, -0.25) is 19.5 Å². The van der Waals surface area contributed by atoms with Crippen LogP contribution in [0.5, 0.6) is 5.75 Å². The molecule has 180 valence electrons. The number of Topliss-reactive ketones (excluding diaryl/α,β-unsaturated/α-hetero) is 1. The number of anilines is 1. The third kappa shape index (κ3) is 5.08. The van der Waals surface area contributed by atoms with Gasteiger partial charge in [-0.2, -0.15) is 0 Å². The SMILES string of the molecule is CCCCCOc1ccc(/C(O)=C2\C(=O)C(=O)N(c3ccc(C)c(Cl)c3)C2c2ccccn2)cc1. The molecule has 0 bridgehead atoms. The fourth-order valence-electron chi connectivity index (χ4n) is 4.05. The van der Waals surface area contributed by atoms with Crippen LogP contribution < -0.4 is 9.64 Å². The smallest absolute Gasteiger partial charge is 0.300 e. The Morgan fingerprint density at radius 3 is 2.51 bits per heavy atom. The summed E-state index contributed by atoms with van der Waals surface area (Å²) in [5, 5.41) is 11.7. The Labute approximate surface area is 209 Å². The monoisotopic (exact) mass is 490 g/mol. The number of benzene rings is 2. The summed E-state index contributed by atoms with van der Waals surface area (Å²) >= 11 is 6.32. The summed E-state index contributed by atoms with van der Waals surface area (Å²) in [4.78, 5) is 32.1. The van der Waals surface area contributed by atoms with E-state index in [9.17, 15) is 14.7 Å². The molecule has 1 unspecified atom stereocenters. The number of carbonyl (C=O) groups is 2. The maximum Gasteiger partial charge on any atom is 0.300 e. The van der Waals surface area contributed by atoms with Crippen LogP contribution in [0.15, 0.2) is 72.4 Å². The second kappa shape index (κ2) is 10.7. The van der Waals surface area contributed by atoms with Gasteiger partial charge in [0.05, 0.1) is 17.9 Å². The molecule has 0 spiro atoms. The number of amides is 1. The zero-order valence-corrected chi connectivity index (χ0v) is 20.5. The van der Waals surface area contributed by atoms with Crippen LogP contribution >= 0.6 is 11.6 Å². The first-order chi connectivity index (χ1) is 16.9. The molecule has 1 amide bonds. The summed E-state index contributed by atoms with van der Waals surface area (Å²) < 4.78 is 5.74. The molecule has 35 heavy (non-hydrogen) atoms. The van der Waals surface area contributed by atoms with Crippen LogP contribution in [0.2, 0.25) is 5.02 Å². The summed E-state index contributed by atoms with van der Waals surface area (Å²) in [5.74, 6) is -1.13. The number of halogens is 1. The van der Waals surface area contributed by atoms with Gasteiger partial charge in [0.2, 0.25) is 0 Å². The predicted octanol–water partition coefficient (Wildman–Crippen LogP) is 6.24. The molecule has 1 aliphatic rings. The molecule has 7 heteroatoms. The summed E-state index contributed by atoms with van der Waals surface area (Å²) in [6.45, 7) is 4.60. The number of hydrogen-bond donors (Lipinski definition) is 1. The standard InChI is InChI=1S/C28H27ClN2O4/c1-3-4-7-16-35-21-13-10-19(11-14-21)26(32)24-25(23-8-5-6-15-30-23)31(28(34)27(24)33)20-12-9-18(2)22(29)17-20/h5-6,8-15,17,25,32H,3-4,7,16H2,1-2H3/b26-24+. The van der Waals surface area contributed by atoms with E-state index in [0.29, 0.717) is 34.3 Å². The third-order valence-electron chi connectivity index (χ3n) is 5.99. The topological polar surface area (TPSA) is 79.7 Å². The van der Waals surface area contributed by atoms with Gasteiger partial charge in [-0.05, 0) is 67.4 Å². The van der Waals surface area contributed by atoms with E-state index in [2.05, 4.69) is 11.9 Å². The Balaban J connectivity index is 1.75. The second-order valence-corrected chi connectivity index (χ2v) is 8.84. The van der Waals surface area contributed by atoms with Crippen molar-refractivity contribution in [2.45, 2.75) is 39.2 Å². The lowest BCUT2D eigenvalue weighted by molar-refractivity contribution is -0.132. The van der Waals surface area contributed by atoms with Crippen molar-refractivity contribution >= 4 is 34.7 Å². The molecule has 3 aromatic rings. The number of hydrogen-bond acceptors (Lipinski definition) is 5. The third-order valence-corrected chi connectivity index (χ3v) is 6.40. The van der Waals surface area contributed by atoms with Crippen molar-refractivity contribution in [3.8, 4) is 5.75 Å². The van der Waals surface area contributed by atoms with E-state index < -0.39 is 17.7 Å². The molecule has 1 aromatic heterocycles. The van der Waals surface area contributed by atoms with Crippen LogP contribution in [-0.4, -0.2) is 28.4 Å². The van der Waals surface area contributed by atoms with Gasteiger partial charge in [0.25, 0.3) is 11.7 Å². The molecule has 2 aromatic carbocycles. The van der Waals surface area contributed by atoms with Crippen LogP contribution in [0.25, 0.3) is 5.76 Å². The van der Waals surface area contributed by atoms with Crippen molar-refractivity contribution < 1.29 is 19.4 Å². The number of nitrogens with zero attached hydrogens (tertiary/aromatic N) is 2. The summed E-state index contributed by atoms with van der Waals surface area (Å²) in [6, 6.07) is 16.3. The lowest BCUT2D eigenvalue weighted by atomic mass is 9.98. The lowest BCUT2D eigenvalue weighted by Gasteiger charge is -2.25. The maximum atomic E-state index is 13.2. The van der Waals surface area contributed by atoms with Crippen molar-refractivity contribution in [2.24, 2.45) is 0 Å². The molecule has 2 heterocycles. The molecule has 1 aliphatic heterocycles. The number of ether oxygens (including phenoxy) is 1. The van der Waals surface area contributed by atoms with Crippen LogP contribution in [0.1, 0.15) is 49.0 Å². The predicted molar refractivity (Wildman–Crippen MR) is 137 cm³/mol. The Hall–Kier alpha value is -3.64. The van der Waals surface area contributed by atoms with Crippen LogP contribution in [0.4, 0.5) is 5.69 Å². The zero-order chi connectivity index (χ0) is 24.9. The van der Waals surface area contributed by atoms with Crippen molar-refractivity contribution in [3.63, 3.8) is 0 Å². The van der Waals surface area contributed by atoms with Gasteiger partial charge in [-0.1, -0.05) is 43.5 Å². The summed E-state index contributed by atoms with van der Waals surface area (Å²) in [7, 11) is 0. The van der Waals surface area contributed by atoms with Gasteiger partial charge in [0, 0.05) is 22.5 Å². The number of pyridine rings is 1. The number of rotatable bonds is 8. The molecule has 0 radical (unpaired) electrons. The Morgan fingerprint density at radius 2 is 1.86 bits per heavy atom. The normalized spacial score (nSPS) is 17.1. The molecular formula is C28H27ClN2O4. The fraction of sp³-hybridized carbons (Fsp3) is 0.250. The van der Waals surface area contributed by atoms with Gasteiger partial charge in [0.1, 0.15) is 17.6 Å². The van der Waals surface area contributed by atoms with E-state index >= 15 is 0 Å². The number of aliphatic hydroxyl groups is 1. The molecule has 1 saturated heterocycles. The zero-order valence-electron chi connectivity index (χ0n) is 19.7. The van der Waals surface area contributed by atoms with E-state index in [1.165, 1.54) is 4.90 Å².